The van der Waals surface area contributed by atoms with Crippen LogP contribution in [-0.2, 0) is 4.74 Å². The van der Waals surface area contributed by atoms with Gasteiger partial charge in [-0.3, -0.25) is 0 Å². The first kappa shape index (κ1) is 10.2. The van der Waals surface area contributed by atoms with Crippen LogP contribution in [0.15, 0.2) is 18.2 Å². The van der Waals surface area contributed by atoms with E-state index in [0.29, 0.717) is 23.2 Å². The van der Waals surface area contributed by atoms with Crippen molar-refractivity contribution in [1.29, 1.82) is 5.26 Å². The Bertz CT molecular complexity index is 580. The van der Waals surface area contributed by atoms with Gasteiger partial charge in [0, 0.05) is 0 Å². The summed E-state index contributed by atoms with van der Waals surface area (Å²) in [7, 11) is 0. The average molecular weight is 215 g/mol. The monoisotopic (exact) mass is 215 g/mol. The molecule has 16 heavy (non-hydrogen) atoms. The number of rotatable bonds is 2. The Labute approximate surface area is 91.7 Å². The Morgan fingerprint density at radius 2 is 2.44 bits per heavy atom. The van der Waals surface area contributed by atoms with Gasteiger partial charge in [0.15, 0.2) is 0 Å². The van der Waals surface area contributed by atoms with Crippen LogP contribution < -0.4 is 0 Å². The van der Waals surface area contributed by atoms with Crippen LogP contribution in [-0.4, -0.2) is 22.5 Å². The van der Waals surface area contributed by atoms with Gasteiger partial charge >= 0.3 is 5.97 Å². The summed E-state index contributed by atoms with van der Waals surface area (Å²) < 4.78 is 4.87. The van der Waals surface area contributed by atoms with Crippen LogP contribution in [0.3, 0.4) is 0 Å². The topological polar surface area (TPSA) is 78.8 Å². The van der Waals surface area contributed by atoms with E-state index in [4.69, 9.17) is 10.00 Å². The molecular formula is C11H9N3O2. The molecule has 2 rings (SSSR count). The minimum absolute atomic E-state index is 0.232. The maximum atomic E-state index is 11.4. The summed E-state index contributed by atoms with van der Waals surface area (Å²) in [6, 6.07) is 6.84. The number of fused-ring (bicyclic) bond motifs is 1. The molecule has 0 unspecified atom stereocenters. The first-order valence-corrected chi connectivity index (χ1v) is 4.81. The number of carbonyl (C=O) groups excluding carboxylic acids is 1. The van der Waals surface area contributed by atoms with E-state index >= 15 is 0 Å². The number of aromatic amines is 1. The zero-order valence-corrected chi connectivity index (χ0v) is 8.65. The number of hydrogen-bond donors (Lipinski definition) is 1. The molecule has 1 aromatic heterocycles. The molecule has 1 heterocycles. The van der Waals surface area contributed by atoms with Gasteiger partial charge in [-0.05, 0) is 25.1 Å². The number of H-pyrrole nitrogens is 1. The van der Waals surface area contributed by atoms with Crippen molar-refractivity contribution in [3.8, 4) is 6.07 Å². The number of benzene rings is 1. The highest BCUT2D eigenvalue weighted by molar-refractivity contribution is 5.93. The van der Waals surface area contributed by atoms with E-state index in [0.717, 1.165) is 0 Å². The van der Waals surface area contributed by atoms with Gasteiger partial charge in [-0.25, -0.2) is 9.78 Å². The maximum absolute atomic E-state index is 11.4. The van der Waals surface area contributed by atoms with E-state index < -0.39 is 0 Å². The molecular weight excluding hydrogens is 206 g/mol. The molecule has 0 radical (unpaired) electrons. The molecule has 2 aromatic rings. The van der Waals surface area contributed by atoms with Gasteiger partial charge in [0.05, 0.1) is 23.2 Å². The van der Waals surface area contributed by atoms with E-state index in [1.807, 2.05) is 6.07 Å². The molecule has 0 aliphatic heterocycles. The van der Waals surface area contributed by atoms with Crippen molar-refractivity contribution in [1.82, 2.24) is 9.97 Å². The zero-order valence-electron chi connectivity index (χ0n) is 8.65. The van der Waals surface area contributed by atoms with Crippen LogP contribution >= 0.6 is 0 Å². The van der Waals surface area contributed by atoms with Crippen LogP contribution in [0.2, 0.25) is 0 Å². The van der Waals surface area contributed by atoms with Crippen LogP contribution in [0.4, 0.5) is 0 Å². The van der Waals surface area contributed by atoms with Crippen molar-refractivity contribution in [2.75, 3.05) is 6.61 Å². The summed E-state index contributed by atoms with van der Waals surface area (Å²) in [4.78, 5) is 18.3. The summed E-state index contributed by atoms with van der Waals surface area (Å²) >= 11 is 0. The lowest BCUT2D eigenvalue weighted by atomic mass is 10.2. The summed E-state index contributed by atoms with van der Waals surface area (Å²) in [5.74, 6) is -0.145. The predicted molar refractivity (Wildman–Crippen MR) is 56.8 cm³/mol. The number of hydrogen-bond acceptors (Lipinski definition) is 4. The van der Waals surface area contributed by atoms with Gasteiger partial charge in [-0.15, -0.1) is 0 Å². The Morgan fingerprint density at radius 3 is 3.12 bits per heavy atom. The van der Waals surface area contributed by atoms with Crippen molar-refractivity contribution in [2.45, 2.75) is 6.92 Å². The molecule has 0 bridgehead atoms. The third-order valence-electron chi connectivity index (χ3n) is 2.10. The molecule has 0 atom stereocenters. The van der Waals surface area contributed by atoms with Crippen LogP contribution in [0.25, 0.3) is 11.0 Å². The fourth-order valence-electron chi connectivity index (χ4n) is 1.40. The molecule has 0 aliphatic rings. The Kier molecular flexibility index (Phi) is 2.56. The van der Waals surface area contributed by atoms with Gasteiger partial charge in [0.25, 0.3) is 0 Å². The molecule has 0 aliphatic carbocycles. The van der Waals surface area contributed by atoms with E-state index in [9.17, 15) is 4.79 Å². The van der Waals surface area contributed by atoms with Gasteiger partial charge in [0.1, 0.15) is 6.07 Å². The van der Waals surface area contributed by atoms with Crippen LogP contribution in [0.1, 0.15) is 23.1 Å². The number of nitrogens with zero attached hydrogens (tertiary/aromatic N) is 2. The van der Waals surface area contributed by atoms with E-state index in [-0.39, 0.29) is 11.8 Å². The average Bonchev–Trinajstić information content (AvgIpc) is 2.70. The van der Waals surface area contributed by atoms with Crippen molar-refractivity contribution >= 4 is 17.0 Å². The number of carbonyl (C=O) groups is 1. The number of aromatic nitrogens is 2. The van der Waals surface area contributed by atoms with Crippen molar-refractivity contribution < 1.29 is 9.53 Å². The standard InChI is InChI=1S/C11H9N3O2/c1-2-16-11(15)7-3-4-8-9(5-7)14-10(6-12)13-8/h3-5H,2H2,1H3,(H,13,14). The summed E-state index contributed by atoms with van der Waals surface area (Å²) in [5, 5.41) is 8.67. The van der Waals surface area contributed by atoms with Gasteiger partial charge < -0.3 is 9.72 Å². The summed E-state index contributed by atoms with van der Waals surface area (Å²) in [6.07, 6.45) is 0. The smallest absolute Gasteiger partial charge is 0.338 e. The molecule has 80 valence electrons. The van der Waals surface area contributed by atoms with E-state index in [2.05, 4.69) is 9.97 Å². The van der Waals surface area contributed by atoms with E-state index in [1.54, 1.807) is 25.1 Å². The van der Waals surface area contributed by atoms with Crippen LogP contribution in [0.5, 0.6) is 0 Å². The highest BCUT2D eigenvalue weighted by atomic mass is 16.5. The number of nitrogens with one attached hydrogen (secondary N) is 1. The largest absolute Gasteiger partial charge is 0.462 e. The third kappa shape index (κ3) is 1.73. The van der Waals surface area contributed by atoms with Crippen molar-refractivity contribution in [3.63, 3.8) is 0 Å². The lowest BCUT2D eigenvalue weighted by Crippen LogP contribution is -2.04. The SMILES string of the molecule is CCOC(=O)c1ccc2nc(C#N)[nH]c2c1. The molecule has 0 fully saturated rings. The number of nitriles is 1. The second kappa shape index (κ2) is 4.03. The number of esters is 1. The Morgan fingerprint density at radius 1 is 1.62 bits per heavy atom. The Hall–Kier alpha value is -2.35. The van der Waals surface area contributed by atoms with Gasteiger partial charge in [0.2, 0.25) is 5.82 Å². The zero-order chi connectivity index (χ0) is 11.5. The number of imidazole rings is 1. The van der Waals surface area contributed by atoms with Gasteiger partial charge in [-0.1, -0.05) is 0 Å². The normalized spacial score (nSPS) is 10.0. The second-order valence-electron chi connectivity index (χ2n) is 3.15. The third-order valence-corrected chi connectivity index (χ3v) is 2.10. The first-order valence-electron chi connectivity index (χ1n) is 4.81. The quantitative estimate of drug-likeness (QED) is 0.772. The lowest BCUT2D eigenvalue weighted by Gasteiger charge is -2.00. The molecule has 0 spiro atoms. The molecule has 0 saturated heterocycles. The van der Waals surface area contributed by atoms with Crippen LogP contribution in [0, 0.1) is 11.3 Å². The second-order valence-corrected chi connectivity index (χ2v) is 3.15. The minimum atomic E-state index is -0.377. The number of ether oxygens (including phenoxy) is 1. The minimum Gasteiger partial charge on any atom is -0.462 e. The van der Waals surface area contributed by atoms with Crippen molar-refractivity contribution in [3.05, 3.63) is 29.6 Å². The fraction of sp³-hybridized carbons (Fsp3) is 0.182. The maximum Gasteiger partial charge on any atom is 0.338 e. The Balaban J connectivity index is 2.44. The molecule has 1 N–H and O–H groups in total. The highest BCUT2D eigenvalue weighted by Gasteiger charge is 2.09. The van der Waals surface area contributed by atoms with Gasteiger partial charge in [-0.2, -0.15) is 5.26 Å². The molecule has 0 saturated carbocycles. The van der Waals surface area contributed by atoms with E-state index in [1.165, 1.54) is 0 Å². The molecule has 5 nitrogen and oxygen atoms in total. The summed E-state index contributed by atoms with van der Waals surface area (Å²) in [6.45, 7) is 2.09. The predicted octanol–water partition coefficient (Wildman–Crippen LogP) is 1.61. The molecule has 5 heteroatoms. The molecule has 1 aromatic carbocycles. The first-order chi connectivity index (χ1) is 7.74. The fourth-order valence-corrected chi connectivity index (χ4v) is 1.40. The van der Waals surface area contributed by atoms with Crippen molar-refractivity contribution in [2.24, 2.45) is 0 Å². The highest BCUT2D eigenvalue weighted by Crippen LogP contribution is 2.14. The summed E-state index contributed by atoms with van der Waals surface area (Å²) in [5.41, 5.74) is 1.76. The lowest BCUT2D eigenvalue weighted by molar-refractivity contribution is 0.0526. The molecule has 0 amide bonds.